The fraction of sp³-hybridized carbons (Fsp3) is 0.333. The molecule has 1 amide bonds. The van der Waals surface area contributed by atoms with Crippen molar-refractivity contribution in [2.24, 2.45) is 0 Å². The first-order valence-corrected chi connectivity index (χ1v) is 9.17. The third-order valence-corrected chi connectivity index (χ3v) is 4.35. The summed E-state index contributed by atoms with van der Waals surface area (Å²) in [4.78, 5) is 25.0. The summed E-state index contributed by atoms with van der Waals surface area (Å²) >= 11 is 7.71. The van der Waals surface area contributed by atoms with E-state index in [4.69, 9.17) is 25.8 Å². The Kier molecular flexibility index (Phi) is 7.29. The van der Waals surface area contributed by atoms with Crippen molar-refractivity contribution >= 4 is 34.8 Å². The van der Waals surface area contributed by atoms with Crippen LogP contribution < -0.4 is 14.8 Å². The molecule has 1 N–H and O–H groups in total. The maximum Gasteiger partial charge on any atom is 0.338 e. The highest BCUT2D eigenvalue weighted by Gasteiger charge is 2.18. The number of nitrogens with one attached hydrogen (secondary N) is 1. The Labute approximate surface area is 161 Å². The van der Waals surface area contributed by atoms with Crippen molar-refractivity contribution in [2.45, 2.75) is 26.5 Å². The molecule has 1 aromatic carbocycles. The minimum absolute atomic E-state index is 0.105. The highest BCUT2D eigenvalue weighted by molar-refractivity contribution is 7.09. The Hall–Kier alpha value is -2.25. The van der Waals surface area contributed by atoms with Gasteiger partial charge in [-0.15, -0.1) is 11.3 Å². The van der Waals surface area contributed by atoms with E-state index in [1.165, 1.54) is 30.6 Å². The molecule has 2 aromatic rings. The number of hydrogen-bond acceptors (Lipinski definition) is 6. The van der Waals surface area contributed by atoms with Gasteiger partial charge in [0, 0.05) is 4.88 Å². The highest BCUT2D eigenvalue weighted by atomic mass is 35.5. The average molecular weight is 398 g/mol. The molecule has 0 radical (unpaired) electrons. The van der Waals surface area contributed by atoms with Crippen molar-refractivity contribution < 1.29 is 23.8 Å². The summed E-state index contributed by atoms with van der Waals surface area (Å²) in [5.41, 5.74) is 0.175. The first-order chi connectivity index (χ1) is 12.4. The molecule has 0 saturated carbocycles. The van der Waals surface area contributed by atoms with Crippen molar-refractivity contribution in [1.82, 2.24) is 5.32 Å². The summed E-state index contributed by atoms with van der Waals surface area (Å²) in [5.74, 6) is -0.383. The normalized spacial score (nSPS) is 10.5. The van der Waals surface area contributed by atoms with Gasteiger partial charge in [-0.05, 0) is 37.4 Å². The first kappa shape index (κ1) is 20.1. The van der Waals surface area contributed by atoms with Gasteiger partial charge in [0.25, 0.3) is 5.91 Å². The Bertz CT molecular complexity index is 761. The average Bonchev–Trinajstić information content (AvgIpc) is 3.12. The van der Waals surface area contributed by atoms with Crippen molar-refractivity contribution in [2.75, 3.05) is 13.7 Å². The number of carbonyl (C=O) groups excluding carboxylic acids is 2. The van der Waals surface area contributed by atoms with E-state index in [0.717, 1.165) is 4.88 Å². The first-order valence-electron chi connectivity index (χ1n) is 7.91. The zero-order valence-corrected chi connectivity index (χ0v) is 16.3. The van der Waals surface area contributed by atoms with Gasteiger partial charge in [-0.25, -0.2) is 4.79 Å². The predicted molar refractivity (Wildman–Crippen MR) is 100 cm³/mol. The van der Waals surface area contributed by atoms with E-state index >= 15 is 0 Å². The van der Waals surface area contributed by atoms with E-state index in [1.807, 2.05) is 31.4 Å². The number of amides is 1. The molecule has 0 spiro atoms. The van der Waals surface area contributed by atoms with Crippen LogP contribution in [0.2, 0.25) is 5.02 Å². The zero-order chi connectivity index (χ0) is 19.1. The second-order valence-corrected chi connectivity index (χ2v) is 7.03. The molecule has 8 heteroatoms. The molecule has 0 fully saturated rings. The van der Waals surface area contributed by atoms with Crippen LogP contribution in [0.15, 0.2) is 29.6 Å². The van der Waals surface area contributed by atoms with Gasteiger partial charge in [0.2, 0.25) is 0 Å². The molecule has 1 heterocycles. The SMILES string of the molecule is COc1cc(C(=O)OCC(=O)NCc2cccs2)cc(Cl)c1OC(C)C. The smallest absolute Gasteiger partial charge is 0.338 e. The van der Waals surface area contributed by atoms with Gasteiger partial charge in [0.1, 0.15) is 0 Å². The molecule has 0 bridgehead atoms. The van der Waals surface area contributed by atoms with Crippen LogP contribution in [-0.4, -0.2) is 31.7 Å². The number of ether oxygens (including phenoxy) is 3. The lowest BCUT2D eigenvalue weighted by molar-refractivity contribution is -0.124. The van der Waals surface area contributed by atoms with Gasteiger partial charge in [-0.1, -0.05) is 17.7 Å². The van der Waals surface area contributed by atoms with Crippen molar-refractivity contribution in [3.05, 3.63) is 45.1 Å². The third kappa shape index (κ3) is 5.64. The molecule has 140 valence electrons. The van der Waals surface area contributed by atoms with Gasteiger partial charge in [0.05, 0.1) is 30.3 Å². The van der Waals surface area contributed by atoms with Gasteiger partial charge in [-0.3, -0.25) is 4.79 Å². The van der Waals surface area contributed by atoms with Crippen molar-refractivity contribution in [1.29, 1.82) is 0 Å². The standard InChI is InChI=1S/C18H20ClNO5S/c1-11(2)25-17-14(19)7-12(8-15(17)23-3)18(22)24-10-16(21)20-9-13-5-4-6-26-13/h4-8,11H,9-10H2,1-3H3,(H,20,21). The molecule has 0 saturated heterocycles. The van der Waals surface area contributed by atoms with Crippen LogP contribution in [0.1, 0.15) is 29.1 Å². The number of hydrogen-bond donors (Lipinski definition) is 1. The topological polar surface area (TPSA) is 73.9 Å². The largest absolute Gasteiger partial charge is 0.493 e. The monoisotopic (exact) mass is 397 g/mol. The Balaban J connectivity index is 1.96. The summed E-state index contributed by atoms with van der Waals surface area (Å²) in [5, 5.41) is 4.83. The van der Waals surface area contributed by atoms with Crippen LogP contribution in [0.4, 0.5) is 0 Å². The summed E-state index contributed by atoms with van der Waals surface area (Å²) in [7, 11) is 1.45. The van der Waals surface area contributed by atoms with E-state index in [-0.39, 0.29) is 29.2 Å². The van der Waals surface area contributed by atoms with Crippen LogP contribution in [0, 0.1) is 0 Å². The summed E-state index contributed by atoms with van der Waals surface area (Å²) < 4.78 is 15.9. The lowest BCUT2D eigenvalue weighted by Gasteiger charge is -2.16. The fourth-order valence-corrected chi connectivity index (χ4v) is 2.95. The van der Waals surface area contributed by atoms with Crippen LogP contribution in [-0.2, 0) is 16.1 Å². The number of benzene rings is 1. The molecule has 0 unspecified atom stereocenters. The minimum Gasteiger partial charge on any atom is -0.493 e. The molecule has 1 aromatic heterocycles. The molecular weight excluding hydrogens is 378 g/mol. The predicted octanol–water partition coefficient (Wildman–Crippen LogP) is 3.67. The number of rotatable bonds is 8. The maximum atomic E-state index is 12.2. The van der Waals surface area contributed by atoms with E-state index < -0.39 is 5.97 Å². The number of esters is 1. The molecule has 26 heavy (non-hydrogen) atoms. The van der Waals surface area contributed by atoms with E-state index in [2.05, 4.69) is 5.32 Å². The number of thiophene rings is 1. The summed E-state index contributed by atoms with van der Waals surface area (Å²) in [6.07, 6.45) is -0.105. The van der Waals surface area contributed by atoms with Crippen LogP contribution >= 0.6 is 22.9 Å². The van der Waals surface area contributed by atoms with Crippen LogP contribution in [0.5, 0.6) is 11.5 Å². The van der Waals surface area contributed by atoms with Crippen LogP contribution in [0.25, 0.3) is 0 Å². The van der Waals surface area contributed by atoms with Crippen molar-refractivity contribution in [3.8, 4) is 11.5 Å². The van der Waals surface area contributed by atoms with E-state index in [0.29, 0.717) is 18.0 Å². The fourth-order valence-electron chi connectivity index (χ4n) is 2.05. The van der Waals surface area contributed by atoms with Gasteiger partial charge in [0.15, 0.2) is 18.1 Å². The molecule has 0 atom stereocenters. The molecule has 0 aliphatic heterocycles. The lowest BCUT2D eigenvalue weighted by Crippen LogP contribution is -2.28. The van der Waals surface area contributed by atoms with Gasteiger partial charge < -0.3 is 19.5 Å². The number of methoxy groups -OCH3 is 1. The third-order valence-electron chi connectivity index (χ3n) is 3.19. The zero-order valence-electron chi connectivity index (χ0n) is 14.7. The van der Waals surface area contributed by atoms with E-state index in [9.17, 15) is 9.59 Å². The molecular formula is C18H20ClNO5S. The second kappa shape index (κ2) is 9.45. The quantitative estimate of drug-likeness (QED) is 0.688. The van der Waals surface area contributed by atoms with E-state index in [1.54, 1.807) is 0 Å². The van der Waals surface area contributed by atoms with Gasteiger partial charge in [-0.2, -0.15) is 0 Å². The molecule has 0 aliphatic carbocycles. The lowest BCUT2D eigenvalue weighted by atomic mass is 10.2. The molecule has 6 nitrogen and oxygen atoms in total. The minimum atomic E-state index is -0.674. The van der Waals surface area contributed by atoms with Crippen molar-refractivity contribution in [3.63, 3.8) is 0 Å². The maximum absolute atomic E-state index is 12.2. The van der Waals surface area contributed by atoms with Gasteiger partial charge >= 0.3 is 5.97 Å². The number of halogens is 1. The Morgan fingerprint density at radius 1 is 1.31 bits per heavy atom. The summed E-state index contributed by atoms with van der Waals surface area (Å²) in [6, 6.07) is 6.70. The van der Waals surface area contributed by atoms with Crippen LogP contribution in [0.3, 0.4) is 0 Å². The summed E-state index contributed by atoms with van der Waals surface area (Å²) in [6.45, 7) is 3.73. The molecule has 0 aliphatic rings. The number of carbonyl (C=O) groups is 2. The highest BCUT2D eigenvalue weighted by Crippen LogP contribution is 2.37. The Morgan fingerprint density at radius 3 is 2.69 bits per heavy atom. The molecule has 2 rings (SSSR count). The second-order valence-electron chi connectivity index (χ2n) is 5.59. The Morgan fingerprint density at radius 2 is 2.08 bits per heavy atom.